The number of amides is 2. The van der Waals surface area contributed by atoms with Crippen molar-refractivity contribution >= 4 is 41.0 Å². The minimum atomic E-state index is -0.377. The van der Waals surface area contributed by atoms with Crippen molar-refractivity contribution in [3.8, 4) is 5.75 Å². The van der Waals surface area contributed by atoms with Gasteiger partial charge in [-0.25, -0.2) is 0 Å². The molecule has 2 aromatic rings. The smallest absolute Gasteiger partial charge is 0.273 e. The fraction of sp³-hybridized carbons (Fsp3) is 0.158. The van der Waals surface area contributed by atoms with Gasteiger partial charge in [0.2, 0.25) is 0 Å². The predicted molar refractivity (Wildman–Crippen MR) is 110 cm³/mol. The zero-order chi connectivity index (χ0) is 18.9. The van der Waals surface area contributed by atoms with Crippen molar-refractivity contribution in [3.63, 3.8) is 0 Å². The van der Waals surface area contributed by atoms with E-state index in [4.69, 9.17) is 4.74 Å². The molecule has 0 saturated carbocycles. The lowest BCUT2D eigenvalue weighted by atomic mass is 10.2. The van der Waals surface area contributed by atoms with E-state index >= 15 is 0 Å². The fourth-order valence-electron chi connectivity index (χ4n) is 2.13. The van der Waals surface area contributed by atoms with E-state index in [0.717, 1.165) is 4.24 Å². The van der Waals surface area contributed by atoms with Crippen LogP contribution >= 0.6 is 23.5 Å². The lowest BCUT2D eigenvalue weighted by molar-refractivity contribution is -0.113. The average molecular weight is 389 g/mol. The molecule has 5 nitrogen and oxygen atoms in total. The maximum Gasteiger partial charge on any atom is 0.273 e. The number of hydrogen-bond donors (Lipinski definition) is 2. The number of carbonyl (C=O) groups is 2. The lowest BCUT2D eigenvalue weighted by Gasteiger charge is -2.14. The van der Waals surface area contributed by atoms with Gasteiger partial charge in [-0.15, -0.1) is 23.5 Å². The van der Waals surface area contributed by atoms with Crippen LogP contribution in [0.25, 0.3) is 0 Å². The van der Waals surface area contributed by atoms with Gasteiger partial charge in [0.05, 0.1) is 11.3 Å². The summed E-state index contributed by atoms with van der Waals surface area (Å²) in [6.45, 7) is 0. The summed E-state index contributed by atoms with van der Waals surface area (Å²) in [4.78, 5) is 25.2. The highest BCUT2D eigenvalue weighted by Gasteiger charge is 2.19. The highest BCUT2D eigenvalue weighted by atomic mass is 32.2. The highest BCUT2D eigenvalue weighted by Crippen LogP contribution is 2.27. The molecule has 0 spiro atoms. The van der Waals surface area contributed by atoms with E-state index in [2.05, 4.69) is 10.6 Å². The predicted octanol–water partition coefficient (Wildman–Crippen LogP) is 3.96. The lowest BCUT2D eigenvalue weighted by Crippen LogP contribution is -2.31. The first-order chi connectivity index (χ1) is 12.6. The van der Waals surface area contributed by atoms with Crippen LogP contribution in [0.4, 0.5) is 5.69 Å². The number of rotatable bonds is 7. The van der Waals surface area contributed by atoms with Gasteiger partial charge in [0.25, 0.3) is 11.8 Å². The Hall–Kier alpha value is -2.38. The van der Waals surface area contributed by atoms with Gasteiger partial charge < -0.3 is 15.4 Å². The van der Waals surface area contributed by atoms with E-state index < -0.39 is 0 Å². The molecule has 0 aromatic heterocycles. The molecule has 2 amide bonds. The molecule has 2 N–H and O–H groups in total. The van der Waals surface area contributed by atoms with Gasteiger partial charge in [-0.3, -0.25) is 9.59 Å². The van der Waals surface area contributed by atoms with Crippen LogP contribution in [0.2, 0.25) is 0 Å². The molecule has 0 radical (unpaired) electrons. The second-order valence-electron chi connectivity index (χ2n) is 5.07. The van der Waals surface area contributed by atoms with Crippen molar-refractivity contribution in [2.75, 3.05) is 24.9 Å². The van der Waals surface area contributed by atoms with E-state index in [0.29, 0.717) is 17.0 Å². The Bertz CT molecular complexity index is 784. The third kappa shape index (κ3) is 5.31. The zero-order valence-corrected chi connectivity index (χ0v) is 16.4. The Morgan fingerprint density at radius 2 is 1.54 bits per heavy atom. The summed E-state index contributed by atoms with van der Waals surface area (Å²) >= 11 is 2.81. The number of ether oxygens (including phenoxy) is 1. The molecule has 0 saturated heterocycles. The molecule has 0 bridgehead atoms. The molecule has 0 aliphatic heterocycles. The summed E-state index contributed by atoms with van der Waals surface area (Å²) < 4.78 is 5.83. The van der Waals surface area contributed by atoms with E-state index in [-0.39, 0.29) is 17.5 Å². The largest absolute Gasteiger partial charge is 0.497 e. The molecule has 136 valence electrons. The van der Waals surface area contributed by atoms with Gasteiger partial charge in [0, 0.05) is 11.3 Å². The maximum absolute atomic E-state index is 12.8. The Morgan fingerprint density at radius 3 is 2.08 bits per heavy atom. The summed E-state index contributed by atoms with van der Waals surface area (Å²) in [5.41, 5.74) is 1.34. The molecule has 0 aliphatic rings. The Kier molecular flexibility index (Phi) is 7.62. The van der Waals surface area contributed by atoms with Crippen molar-refractivity contribution in [2.45, 2.75) is 0 Å². The quantitative estimate of drug-likeness (QED) is 0.703. The van der Waals surface area contributed by atoms with E-state index in [1.165, 1.54) is 23.5 Å². The van der Waals surface area contributed by atoms with Gasteiger partial charge in [0.15, 0.2) is 0 Å². The molecule has 0 unspecified atom stereocenters. The summed E-state index contributed by atoms with van der Waals surface area (Å²) in [5.74, 6) is -0.00529. The third-order valence-corrected chi connectivity index (χ3v) is 5.57. The Balaban J connectivity index is 2.22. The van der Waals surface area contributed by atoms with Gasteiger partial charge >= 0.3 is 0 Å². The zero-order valence-electron chi connectivity index (χ0n) is 14.7. The fourth-order valence-corrected chi connectivity index (χ4v) is 3.49. The van der Waals surface area contributed by atoms with E-state index in [9.17, 15) is 9.59 Å². The monoisotopic (exact) mass is 388 g/mol. The standard InChI is InChI=1S/C19H20N2O3S2/c1-24-15-11-9-14(10-12-15)20-18(23)16(19(25-2)26-3)21-17(22)13-7-5-4-6-8-13/h4-12H,1-3H3,(H,20,23)(H,21,22). The van der Waals surface area contributed by atoms with Crippen molar-refractivity contribution in [3.05, 3.63) is 70.1 Å². The first-order valence-corrected chi connectivity index (χ1v) is 10.2. The first-order valence-electron chi connectivity index (χ1n) is 7.73. The minimum Gasteiger partial charge on any atom is -0.497 e. The normalized spacial score (nSPS) is 9.96. The summed E-state index contributed by atoms with van der Waals surface area (Å²) in [6, 6.07) is 15.8. The van der Waals surface area contributed by atoms with Crippen LogP contribution < -0.4 is 15.4 Å². The topological polar surface area (TPSA) is 67.4 Å². The van der Waals surface area contributed by atoms with Crippen molar-refractivity contribution < 1.29 is 14.3 Å². The van der Waals surface area contributed by atoms with Gasteiger partial charge in [-0.2, -0.15) is 0 Å². The molecule has 26 heavy (non-hydrogen) atoms. The molecule has 2 rings (SSSR count). The molecule has 0 fully saturated rings. The van der Waals surface area contributed by atoms with Crippen molar-refractivity contribution in [1.82, 2.24) is 5.32 Å². The highest BCUT2D eigenvalue weighted by molar-refractivity contribution is 8.21. The summed E-state index contributed by atoms with van der Waals surface area (Å²) in [7, 11) is 1.58. The minimum absolute atomic E-state index is 0.231. The van der Waals surface area contributed by atoms with Gasteiger partial charge in [-0.05, 0) is 48.9 Å². The third-order valence-electron chi connectivity index (χ3n) is 3.42. The summed E-state index contributed by atoms with van der Waals surface area (Å²) in [5, 5.41) is 5.55. The molecular weight excluding hydrogens is 368 g/mol. The molecule has 7 heteroatoms. The molecule has 2 aromatic carbocycles. The number of nitrogens with one attached hydrogen (secondary N) is 2. The maximum atomic E-state index is 12.8. The van der Waals surface area contributed by atoms with Crippen LogP contribution in [0.15, 0.2) is 64.5 Å². The molecule has 0 aliphatic carbocycles. The van der Waals surface area contributed by atoms with Crippen molar-refractivity contribution in [1.29, 1.82) is 0 Å². The van der Waals surface area contributed by atoms with Crippen molar-refractivity contribution in [2.24, 2.45) is 0 Å². The van der Waals surface area contributed by atoms with Gasteiger partial charge in [0.1, 0.15) is 11.4 Å². The van der Waals surface area contributed by atoms with Crippen LogP contribution in [0.1, 0.15) is 10.4 Å². The average Bonchev–Trinajstić information content (AvgIpc) is 2.69. The number of hydrogen-bond acceptors (Lipinski definition) is 5. The Morgan fingerprint density at radius 1 is 0.923 bits per heavy atom. The van der Waals surface area contributed by atoms with Crippen LogP contribution in [-0.4, -0.2) is 31.4 Å². The van der Waals surface area contributed by atoms with Crippen LogP contribution in [-0.2, 0) is 4.79 Å². The van der Waals surface area contributed by atoms with Crippen LogP contribution in [0.5, 0.6) is 5.75 Å². The van der Waals surface area contributed by atoms with Gasteiger partial charge in [-0.1, -0.05) is 18.2 Å². The van der Waals surface area contributed by atoms with Crippen LogP contribution in [0, 0.1) is 0 Å². The Labute approximate surface area is 161 Å². The van der Waals surface area contributed by atoms with Crippen LogP contribution in [0.3, 0.4) is 0 Å². The summed E-state index contributed by atoms with van der Waals surface area (Å²) in [6.07, 6.45) is 3.72. The molecule has 0 atom stereocenters. The first kappa shape index (κ1) is 19.9. The number of thioether (sulfide) groups is 2. The number of anilines is 1. The molecular formula is C19H20N2O3S2. The van der Waals surface area contributed by atoms with E-state index in [1.807, 2.05) is 18.6 Å². The van der Waals surface area contributed by atoms with E-state index in [1.54, 1.807) is 55.6 Å². The number of methoxy groups -OCH3 is 1. The second kappa shape index (κ2) is 9.94. The SMILES string of the molecule is COc1ccc(NC(=O)C(NC(=O)c2ccccc2)=C(SC)SC)cc1. The number of carbonyl (C=O) groups excluding carboxylic acids is 2. The number of benzene rings is 2. The molecule has 0 heterocycles. The second-order valence-corrected chi connectivity index (χ2v) is 6.96.